The van der Waals surface area contributed by atoms with Crippen molar-refractivity contribution in [1.29, 1.82) is 0 Å². The molecule has 1 saturated carbocycles. The summed E-state index contributed by atoms with van der Waals surface area (Å²) in [7, 11) is -3.30. The lowest BCUT2D eigenvalue weighted by Gasteiger charge is -2.43. The summed E-state index contributed by atoms with van der Waals surface area (Å²) in [6.45, 7) is 1.01. The maximum absolute atomic E-state index is 13.6. The molecule has 37 heavy (non-hydrogen) atoms. The molecule has 0 bridgehead atoms. The highest BCUT2D eigenvalue weighted by Gasteiger charge is 2.38. The number of nitrogens with zero attached hydrogens (tertiary/aromatic N) is 2. The van der Waals surface area contributed by atoms with Crippen molar-refractivity contribution in [3.8, 4) is 0 Å². The lowest BCUT2D eigenvalue weighted by atomic mass is 9.68. The van der Waals surface area contributed by atoms with Crippen molar-refractivity contribution in [2.75, 3.05) is 19.3 Å². The SMILES string of the molecule is CS(=O)(=O)c1cccc(CCN(C(=O)c2cccnc2)C2CCC(CN)(c3cccc(Cl)c3)CC2)c1.Cl. The average molecular weight is 563 g/mol. The molecular weight excluding hydrogens is 529 g/mol. The van der Waals surface area contributed by atoms with Crippen LogP contribution in [0.5, 0.6) is 0 Å². The van der Waals surface area contributed by atoms with E-state index in [0.29, 0.717) is 30.1 Å². The van der Waals surface area contributed by atoms with Crippen molar-refractivity contribution in [2.24, 2.45) is 5.73 Å². The Kier molecular flexibility index (Phi) is 9.75. The number of carbonyl (C=O) groups excluding carboxylic acids is 1. The smallest absolute Gasteiger partial charge is 0.255 e. The number of pyridine rings is 1. The quantitative estimate of drug-likeness (QED) is 0.413. The van der Waals surface area contributed by atoms with Crippen LogP contribution in [0, 0.1) is 0 Å². The molecule has 1 amide bonds. The standard InChI is InChI=1S/C28H32ClN3O3S.ClH/c1-36(34,35)26-9-2-5-21(17-26)12-16-32(27(33)22-6-4-15-31-19-22)25-10-13-28(20-30,14-11-25)23-7-3-8-24(29)18-23;/h2-9,15,17-19,25H,10-14,16,20,30H2,1H3;1H. The molecule has 0 atom stereocenters. The first-order chi connectivity index (χ1) is 17.2. The van der Waals surface area contributed by atoms with Gasteiger partial charge in [0.2, 0.25) is 0 Å². The summed E-state index contributed by atoms with van der Waals surface area (Å²) >= 11 is 6.27. The van der Waals surface area contributed by atoms with Gasteiger partial charge in [0, 0.05) is 48.2 Å². The van der Waals surface area contributed by atoms with E-state index in [1.165, 1.54) is 6.26 Å². The molecule has 1 aliphatic rings. The Morgan fingerprint density at radius 1 is 1.11 bits per heavy atom. The van der Waals surface area contributed by atoms with Crippen LogP contribution in [0.4, 0.5) is 0 Å². The van der Waals surface area contributed by atoms with Crippen LogP contribution < -0.4 is 5.73 Å². The molecule has 0 radical (unpaired) electrons. The lowest BCUT2D eigenvalue weighted by Crippen LogP contribution is -2.48. The molecule has 0 spiro atoms. The minimum atomic E-state index is -3.30. The molecule has 1 aromatic heterocycles. The molecule has 2 N–H and O–H groups in total. The Morgan fingerprint density at radius 2 is 1.84 bits per heavy atom. The van der Waals surface area contributed by atoms with Gasteiger partial charge in [0.25, 0.3) is 5.91 Å². The number of sulfone groups is 1. The minimum Gasteiger partial charge on any atom is -0.335 e. The Bertz CT molecular complexity index is 1310. The molecule has 1 aliphatic carbocycles. The van der Waals surface area contributed by atoms with Crippen LogP contribution in [0.15, 0.2) is 78.0 Å². The van der Waals surface area contributed by atoms with E-state index >= 15 is 0 Å². The molecule has 4 rings (SSSR count). The van der Waals surface area contributed by atoms with Gasteiger partial charge in [-0.2, -0.15) is 0 Å². The third kappa shape index (κ3) is 6.90. The van der Waals surface area contributed by atoms with Crippen LogP contribution in [-0.2, 0) is 21.7 Å². The molecule has 1 heterocycles. The van der Waals surface area contributed by atoms with Crippen LogP contribution in [-0.4, -0.2) is 49.6 Å². The Balaban J connectivity index is 0.00000380. The average Bonchev–Trinajstić information content (AvgIpc) is 2.89. The van der Waals surface area contributed by atoms with Gasteiger partial charge in [-0.3, -0.25) is 9.78 Å². The molecular formula is C28H33Cl2N3O3S. The van der Waals surface area contributed by atoms with Gasteiger partial charge in [-0.05, 0) is 79.6 Å². The van der Waals surface area contributed by atoms with E-state index < -0.39 is 9.84 Å². The summed E-state index contributed by atoms with van der Waals surface area (Å²) < 4.78 is 24.0. The highest BCUT2D eigenvalue weighted by Crippen LogP contribution is 2.41. The topological polar surface area (TPSA) is 93.4 Å². The Morgan fingerprint density at radius 3 is 2.46 bits per heavy atom. The molecule has 0 unspecified atom stereocenters. The van der Waals surface area contributed by atoms with Gasteiger partial charge in [-0.1, -0.05) is 35.9 Å². The predicted octanol–water partition coefficient (Wildman–Crippen LogP) is 5.08. The number of rotatable bonds is 8. The zero-order valence-corrected chi connectivity index (χ0v) is 23.2. The molecule has 0 saturated heterocycles. The fourth-order valence-corrected chi connectivity index (χ4v) is 6.06. The number of amides is 1. The van der Waals surface area contributed by atoms with Crippen LogP contribution in [0.1, 0.15) is 47.2 Å². The molecule has 0 aliphatic heterocycles. The number of carbonyl (C=O) groups is 1. The van der Waals surface area contributed by atoms with Crippen molar-refractivity contribution in [1.82, 2.24) is 9.88 Å². The predicted molar refractivity (Wildman–Crippen MR) is 150 cm³/mol. The fourth-order valence-electron chi connectivity index (χ4n) is 5.18. The number of halogens is 2. The summed E-state index contributed by atoms with van der Waals surface area (Å²) in [5, 5.41) is 0.701. The van der Waals surface area contributed by atoms with E-state index in [1.807, 2.05) is 29.2 Å². The zero-order chi connectivity index (χ0) is 25.8. The highest BCUT2D eigenvalue weighted by atomic mass is 35.5. The molecule has 1 fully saturated rings. The van der Waals surface area contributed by atoms with Gasteiger partial charge in [0.1, 0.15) is 0 Å². The first-order valence-electron chi connectivity index (χ1n) is 12.2. The maximum Gasteiger partial charge on any atom is 0.255 e. The number of nitrogens with two attached hydrogens (primary N) is 1. The lowest BCUT2D eigenvalue weighted by molar-refractivity contribution is 0.0597. The van der Waals surface area contributed by atoms with Crippen molar-refractivity contribution in [3.05, 3.63) is 94.8 Å². The van der Waals surface area contributed by atoms with E-state index in [1.54, 1.807) is 42.7 Å². The highest BCUT2D eigenvalue weighted by molar-refractivity contribution is 7.90. The Hall–Kier alpha value is -2.45. The third-order valence-electron chi connectivity index (χ3n) is 7.32. The van der Waals surface area contributed by atoms with E-state index in [4.69, 9.17) is 17.3 Å². The largest absolute Gasteiger partial charge is 0.335 e. The number of benzene rings is 2. The number of hydrogen-bond acceptors (Lipinski definition) is 5. The fraction of sp³-hybridized carbons (Fsp3) is 0.357. The summed E-state index contributed by atoms with van der Waals surface area (Å²) in [6, 6.07) is 18.5. The molecule has 9 heteroatoms. The van der Waals surface area contributed by atoms with Gasteiger partial charge in [-0.25, -0.2) is 8.42 Å². The second-order valence-corrected chi connectivity index (χ2v) is 12.1. The molecule has 6 nitrogen and oxygen atoms in total. The van der Waals surface area contributed by atoms with Crippen molar-refractivity contribution >= 4 is 39.8 Å². The van der Waals surface area contributed by atoms with Crippen LogP contribution >= 0.6 is 24.0 Å². The molecule has 2 aromatic carbocycles. The van der Waals surface area contributed by atoms with Gasteiger partial charge >= 0.3 is 0 Å². The first kappa shape index (κ1) is 29.1. The summed E-state index contributed by atoms with van der Waals surface area (Å²) in [5.74, 6) is -0.0598. The number of aromatic nitrogens is 1. The maximum atomic E-state index is 13.6. The first-order valence-corrected chi connectivity index (χ1v) is 14.4. The van der Waals surface area contributed by atoms with Gasteiger partial charge in [-0.15, -0.1) is 12.4 Å². The van der Waals surface area contributed by atoms with Crippen LogP contribution in [0.25, 0.3) is 0 Å². The van der Waals surface area contributed by atoms with Crippen molar-refractivity contribution in [3.63, 3.8) is 0 Å². The van der Waals surface area contributed by atoms with Crippen LogP contribution in [0.2, 0.25) is 5.02 Å². The second kappa shape index (κ2) is 12.4. The van der Waals surface area contributed by atoms with Gasteiger partial charge in [0.15, 0.2) is 9.84 Å². The summed E-state index contributed by atoms with van der Waals surface area (Å²) in [6.07, 6.45) is 8.36. The third-order valence-corrected chi connectivity index (χ3v) is 8.66. The van der Waals surface area contributed by atoms with Crippen LogP contribution in [0.3, 0.4) is 0 Å². The Labute approximate surface area is 230 Å². The van der Waals surface area contributed by atoms with E-state index in [-0.39, 0.29) is 34.7 Å². The monoisotopic (exact) mass is 561 g/mol. The van der Waals surface area contributed by atoms with Crippen molar-refractivity contribution < 1.29 is 13.2 Å². The number of hydrogen-bond donors (Lipinski definition) is 1. The van der Waals surface area contributed by atoms with E-state index in [2.05, 4.69) is 11.1 Å². The summed E-state index contributed by atoms with van der Waals surface area (Å²) in [4.78, 5) is 19.9. The molecule has 198 valence electrons. The zero-order valence-electron chi connectivity index (χ0n) is 20.8. The van der Waals surface area contributed by atoms with Gasteiger partial charge in [0.05, 0.1) is 10.5 Å². The second-order valence-electron chi connectivity index (χ2n) is 9.64. The normalized spacial score (nSPS) is 19.6. The van der Waals surface area contributed by atoms with E-state index in [0.717, 1.165) is 36.8 Å². The molecule has 3 aromatic rings. The van der Waals surface area contributed by atoms with E-state index in [9.17, 15) is 13.2 Å². The minimum absolute atomic E-state index is 0. The van der Waals surface area contributed by atoms with Gasteiger partial charge < -0.3 is 10.6 Å². The summed E-state index contributed by atoms with van der Waals surface area (Å²) in [5.41, 5.74) is 8.72. The van der Waals surface area contributed by atoms with Crippen molar-refractivity contribution in [2.45, 2.75) is 48.5 Å².